The molecule has 5 heteroatoms. The molecule has 0 aromatic heterocycles. The van der Waals surface area contributed by atoms with E-state index in [-0.39, 0.29) is 23.7 Å². The summed E-state index contributed by atoms with van der Waals surface area (Å²) in [6.45, 7) is 2.63. The first-order valence-corrected chi connectivity index (χ1v) is 6.66. The molecule has 2 aliphatic heterocycles. The second-order valence-corrected chi connectivity index (χ2v) is 5.03. The standard InChI is InChI=1S/C13H21NO4/c1-17-13(16)11-3-2-6-14(9-11)12(15)10-4-7-18-8-5-10/h10-11H,2-9H2,1H3/t11-/m0/s1. The molecule has 1 atom stereocenters. The van der Waals surface area contributed by atoms with Crippen LogP contribution in [0.15, 0.2) is 0 Å². The lowest BCUT2D eigenvalue weighted by Crippen LogP contribution is -2.46. The van der Waals surface area contributed by atoms with Gasteiger partial charge in [-0.25, -0.2) is 0 Å². The molecule has 0 unspecified atom stereocenters. The van der Waals surface area contributed by atoms with Crippen LogP contribution in [-0.4, -0.2) is 50.2 Å². The van der Waals surface area contributed by atoms with Crippen molar-refractivity contribution < 1.29 is 19.1 Å². The van der Waals surface area contributed by atoms with Crippen LogP contribution < -0.4 is 0 Å². The van der Waals surface area contributed by atoms with Gasteiger partial charge in [-0.2, -0.15) is 0 Å². The van der Waals surface area contributed by atoms with Crippen LogP contribution in [0.5, 0.6) is 0 Å². The van der Waals surface area contributed by atoms with Gasteiger partial charge in [-0.15, -0.1) is 0 Å². The third kappa shape index (κ3) is 3.02. The summed E-state index contributed by atoms with van der Waals surface area (Å²) in [5.74, 6) is -0.0749. The highest BCUT2D eigenvalue weighted by Crippen LogP contribution is 2.23. The Balaban J connectivity index is 1.91. The predicted molar refractivity (Wildman–Crippen MR) is 64.9 cm³/mol. The minimum absolute atomic E-state index is 0.0788. The molecule has 0 aromatic carbocycles. The number of rotatable bonds is 2. The normalized spacial score (nSPS) is 25.8. The Morgan fingerprint density at radius 2 is 1.89 bits per heavy atom. The molecule has 2 heterocycles. The zero-order valence-electron chi connectivity index (χ0n) is 10.9. The molecule has 102 valence electrons. The Morgan fingerprint density at radius 3 is 2.56 bits per heavy atom. The molecule has 0 N–H and O–H groups in total. The first-order chi connectivity index (χ1) is 8.72. The van der Waals surface area contributed by atoms with Crippen LogP contribution in [0, 0.1) is 11.8 Å². The number of carbonyl (C=O) groups is 2. The van der Waals surface area contributed by atoms with Crippen LogP contribution in [0.2, 0.25) is 0 Å². The van der Waals surface area contributed by atoms with Gasteiger partial charge in [-0.1, -0.05) is 0 Å². The number of amides is 1. The van der Waals surface area contributed by atoms with E-state index in [1.54, 1.807) is 0 Å². The fraction of sp³-hybridized carbons (Fsp3) is 0.846. The molecule has 2 rings (SSSR count). The van der Waals surface area contributed by atoms with Gasteiger partial charge in [-0.3, -0.25) is 9.59 Å². The maximum Gasteiger partial charge on any atom is 0.310 e. The van der Waals surface area contributed by atoms with E-state index in [0.717, 1.165) is 32.2 Å². The molecule has 2 fully saturated rings. The van der Waals surface area contributed by atoms with E-state index < -0.39 is 0 Å². The molecule has 0 bridgehead atoms. The third-order valence-corrected chi connectivity index (χ3v) is 3.84. The molecule has 0 spiro atoms. The van der Waals surface area contributed by atoms with Crippen LogP contribution in [0.1, 0.15) is 25.7 Å². The number of esters is 1. The van der Waals surface area contributed by atoms with E-state index in [4.69, 9.17) is 9.47 Å². The lowest BCUT2D eigenvalue weighted by atomic mass is 9.94. The van der Waals surface area contributed by atoms with Crippen molar-refractivity contribution in [2.75, 3.05) is 33.4 Å². The fourth-order valence-electron chi connectivity index (χ4n) is 2.74. The Hall–Kier alpha value is -1.10. The predicted octanol–water partition coefficient (Wildman–Crippen LogP) is 0.825. The van der Waals surface area contributed by atoms with Crippen LogP contribution in [0.25, 0.3) is 0 Å². The molecule has 2 saturated heterocycles. The molecule has 2 aliphatic rings. The summed E-state index contributed by atoms with van der Waals surface area (Å²) in [7, 11) is 1.40. The van der Waals surface area contributed by atoms with Gasteiger partial charge < -0.3 is 14.4 Å². The minimum atomic E-state index is -0.195. The number of nitrogens with zero attached hydrogens (tertiary/aromatic N) is 1. The summed E-state index contributed by atoms with van der Waals surface area (Å²) in [5, 5.41) is 0. The number of carbonyl (C=O) groups excluding carboxylic acids is 2. The SMILES string of the molecule is COC(=O)[C@H]1CCCN(C(=O)C2CCOCC2)C1. The number of hydrogen-bond donors (Lipinski definition) is 0. The summed E-state index contributed by atoms with van der Waals surface area (Å²) < 4.78 is 10.0. The molecule has 5 nitrogen and oxygen atoms in total. The van der Waals surface area contributed by atoms with Gasteiger partial charge in [-0.05, 0) is 25.7 Å². The molecule has 0 aromatic rings. The maximum absolute atomic E-state index is 12.3. The monoisotopic (exact) mass is 255 g/mol. The Labute approximate surface area is 107 Å². The Bertz CT molecular complexity index is 312. The Kier molecular flexibility index (Phi) is 4.58. The lowest BCUT2D eigenvalue weighted by molar-refractivity contribution is -0.150. The van der Waals surface area contributed by atoms with Crippen molar-refractivity contribution in [1.82, 2.24) is 4.90 Å². The van der Waals surface area contributed by atoms with Gasteiger partial charge in [0.05, 0.1) is 13.0 Å². The van der Waals surface area contributed by atoms with Crippen molar-refractivity contribution in [3.63, 3.8) is 0 Å². The van der Waals surface area contributed by atoms with E-state index in [1.165, 1.54) is 7.11 Å². The summed E-state index contributed by atoms with van der Waals surface area (Å²) >= 11 is 0. The van der Waals surface area contributed by atoms with Gasteiger partial charge >= 0.3 is 5.97 Å². The second-order valence-electron chi connectivity index (χ2n) is 5.03. The smallest absolute Gasteiger partial charge is 0.310 e. The maximum atomic E-state index is 12.3. The number of ether oxygens (including phenoxy) is 2. The van der Waals surface area contributed by atoms with Crippen molar-refractivity contribution in [2.24, 2.45) is 11.8 Å². The first-order valence-electron chi connectivity index (χ1n) is 6.66. The van der Waals surface area contributed by atoms with Crippen molar-refractivity contribution in [3.8, 4) is 0 Å². The van der Waals surface area contributed by atoms with Gasteiger partial charge in [0.2, 0.25) is 5.91 Å². The van der Waals surface area contributed by atoms with Crippen molar-refractivity contribution in [1.29, 1.82) is 0 Å². The molecular weight excluding hydrogens is 234 g/mol. The first kappa shape index (κ1) is 13.3. The highest BCUT2D eigenvalue weighted by molar-refractivity contribution is 5.80. The number of hydrogen-bond acceptors (Lipinski definition) is 4. The summed E-state index contributed by atoms with van der Waals surface area (Å²) in [5.41, 5.74) is 0. The van der Waals surface area contributed by atoms with Crippen LogP contribution in [0.3, 0.4) is 0 Å². The molecular formula is C13H21NO4. The average molecular weight is 255 g/mol. The lowest BCUT2D eigenvalue weighted by Gasteiger charge is -2.34. The zero-order chi connectivity index (χ0) is 13.0. The fourth-order valence-corrected chi connectivity index (χ4v) is 2.74. The Morgan fingerprint density at radius 1 is 1.17 bits per heavy atom. The third-order valence-electron chi connectivity index (χ3n) is 3.84. The van der Waals surface area contributed by atoms with Crippen molar-refractivity contribution in [3.05, 3.63) is 0 Å². The average Bonchev–Trinajstić information content (AvgIpc) is 2.46. The van der Waals surface area contributed by atoms with E-state index in [1.807, 2.05) is 4.90 Å². The number of methoxy groups -OCH3 is 1. The molecule has 18 heavy (non-hydrogen) atoms. The molecule has 0 aliphatic carbocycles. The summed E-state index contributed by atoms with van der Waals surface area (Å²) in [6, 6.07) is 0. The van der Waals surface area contributed by atoms with Crippen LogP contribution >= 0.6 is 0 Å². The largest absolute Gasteiger partial charge is 0.469 e. The molecule has 0 saturated carbocycles. The van der Waals surface area contributed by atoms with Crippen LogP contribution in [-0.2, 0) is 19.1 Å². The summed E-state index contributed by atoms with van der Waals surface area (Å²) in [6.07, 6.45) is 3.31. The highest BCUT2D eigenvalue weighted by atomic mass is 16.5. The van der Waals surface area contributed by atoms with E-state index in [9.17, 15) is 9.59 Å². The molecule has 1 amide bonds. The van der Waals surface area contributed by atoms with Crippen LogP contribution in [0.4, 0.5) is 0 Å². The topological polar surface area (TPSA) is 55.8 Å². The second kappa shape index (κ2) is 6.18. The van der Waals surface area contributed by atoms with Gasteiger partial charge in [0.15, 0.2) is 0 Å². The quantitative estimate of drug-likeness (QED) is 0.686. The molecule has 0 radical (unpaired) electrons. The number of piperidine rings is 1. The van der Waals surface area contributed by atoms with E-state index >= 15 is 0 Å². The van der Waals surface area contributed by atoms with Gasteiger partial charge in [0.25, 0.3) is 0 Å². The number of likely N-dealkylation sites (tertiary alicyclic amines) is 1. The van der Waals surface area contributed by atoms with Crippen molar-refractivity contribution >= 4 is 11.9 Å². The van der Waals surface area contributed by atoms with Gasteiger partial charge in [0, 0.05) is 32.2 Å². The highest BCUT2D eigenvalue weighted by Gasteiger charge is 2.32. The summed E-state index contributed by atoms with van der Waals surface area (Å²) in [4.78, 5) is 25.7. The van der Waals surface area contributed by atoms with Crippen molar-refractivity contribution in [2.45, 2.75) is 25.7 Å². The van der Waals surface area contributed by atoms with E-state index in [0.29, 0.717) is 19.8 Å². The zero-order valence-corrected chi connectivity index (χ0v) is 10.9. The van der Waals surface area contributed by atoms with E-state index in [2.05, 4.69) is 0 Å². The van der Waals surface area contributed by atoms with Gasteiger partial charge in [0.1, 0.15) is 0 Å². The minimum Gasteiger partial charge on any atom is -0.469 e.